The molecule has 0 fully saturated rings. The fourth-order valence-electron chi connectivity index (χ4n) is 7.41. The largest absolute Gasteiger partial charge is 0.243 e. The van der Waals surface area contributed by atoms with Crippen LogP contribution in [0.15, 0.2) is 24.3 Å². The molecular formula is C36H46N4Si2. The first-order valence-electron chi connectivity index (χ1n) is 15.3. The number of aromatic nitrogens is 2. The van der Waals surface area contributed by atoms with E-state index in [1.165, 1.54) is 0 Å². The summed E-state index contributed by atoms with van der Waals surface area (Å²) in [6.07, 6.45) is 0. The van der Waals surface area contributed by atoms with Gasteiger partial charge in [0.1, 0.15) is 39.3 Å². The van der Waals surface area contributed by atoms with Crippen LogP contribution in [0.25, 0.3) is 22.1 Å². The number of fused-ring (bicyclic) bond motifs is 2. The lowest BCUT2D eigenvalue weighted by molar-refractivity contribution is 0.838. The molecule has 0 aliphatic heterocycles. The van der Waals surface area contributed by atoms with Gasteiger partial charge in [0.05, 0.1) is 33.3 Å². The lowest BCUT2D eigenvalue weighted by Gasteiger charge is -2.38. The van der Waals surface area contributed by atoms with Gasteiger partial charge in [-0.3, -0.25) is 0 Å². The van der Waals surface area contributed by atoms with Crippen LogP contribution in [-0.2, 0) is 0 Å². The average molecular weight is 591 g/mol. The molecule has 0 saturated carbocycles. The molecule has 0 spiro atoms. The smallest absolute Gasteiger partial charge is 0.146 e. The summed E-state index contributed by atoms with van der Waals surface area (Å²) in [5.41, 5.74) is 15.6. The highest BCUT2D eigenvalue weighted by Crippen LogP contribution is 2.42. The summed E-state index contributed by atoms with van der Waals surface area (Å²) in [6, 6.07) is 11.7. The second-order valence-corrected chi connectivity index (χ2v) is 24.6. The fourth-order valence-corrected chi connectivity index (χ4v) is 17.8. The molecule has 0 N–H and O–H groups in total. The number of nitrogens with zero attached hydrogens (tertiary/aromatic N) is 4. The summed E-state index contributed by atoms with van der Waals surface area (Å²) in [5.74, 6) is 7.19. The van der Waals surface area contributed by atoms with Crippen molar-refractivity contribution in [1.82, 2.24) is 9.97 Å². The van der Waals surface area contributed by atoms with E-state index in [0.29, 0.717) is 66.4 Å². The molecule has 42 heavy (non-hydrogen) atoms. The molecule has 0 bridgehead atoms. The van der Waals surface area contributed by atoms with Gasteiger partial charge in [-0.1, -0.05) is 94.9 Å². The molecule has 3 rings (SSSR count). The summed E-state index contributed by atoms with van der Waals surface area (Å²) in [7, 11) is -3.96. The van der Waals surface area contributed by atoms with E-state index in [1.807, 2.05) is 0 Å². The molecule has 0 amide bonds. The van der Waals surface area contributed by atoms with Gasteiger partial charge in [-0.2, -0.15) is 10.5 Å². The van der Waals surface area contributed by atoms with Gasteiger partial charge >= 0.3 is 0 Å². The highest BCUT2D eigenvalue weighted by molar-refractivity contribution is 6.91. The average Bonchev–Trinajstić information content (AvgIpc) is 2.91. The zero-order chi connectivity index (χ0) is 31.6. The van der Waals surface area contributed by atoms with Crippen LogP contribution in [0.5, 0.6) is 0 Å². The molecule has 0 aliphatic rings. The third-order valence-corrected chi connectivity index (χ3v) is 22.1. The zero-order valence-corrected chi connectivity index (χ0v) is 29.6. The van der Waals surface area contributed by atoms with Crippen molar-refractivity contribution in [3.05, 3.63) is 46.5 Å². The molecule has 0 saturated heterocycles. The van der Waals surface area contributed by atoms with Gasteiger partial charge in [0.15, 0.2) is 0 Å². The van der Waals surface area contributed by atoms with Crippen LogP contribution in [0, 0.1) is 45.6 Å². The first-order chi connectivity index (χ1) is 19.7. The van der Waals surface area contributed by atoms with Crippen LogP contribution < -0.4 is 0 Å². The summed E-state index contributed by atoms with van der Waals surface area (Å²) in [5, 5.41) is 19.3. The van der Waals surface area contributed by atoms with Gasteiger partial charge < -0.3 is 0 Å². The maximum Gasteiger partial charge on any atom is 0.146 e. The molecule has 0 aliphatic carbocycles. The van der Waals surface area contributed by atoms with E-state index < -0.39 is 16.1 Å². The van der Waals surface area contributed by atoms with Crippen LogP contribution in [0.4, 0.5) is 0 Å². The van der Waals surface area contributed by atoms with Crippen LogP contribution >= 0.6 is 0 Å². The summed E-state index contributed by atoms with van der Waals surface area (Å²) < 4.78 is 0. The SMILES string of the molecule is CC(C)[Si](C#Cc1ccc(C#C[Si](C(C)C)(C(C)C)C(C)C)c2nc3cc(C#N)c(C#N)cc3nc12)(C(C)C)C(C)C. The molecule has 0 unspecified atom stereocenters. The Bertz CT molecular complexity index is 1520. The van der Waals surface area contributed by atoms with Crippen molar-refractivity contribution >= 4 is 38.2 Å². The van der Waals surface area contributed by atoms with Crippen molar-refractivity contribution in [3.63, 3.8) is 0 Å². The summed E-state index contributed by atoms with van der Waals surface area (Å²) in [6.45, 7) is 27.8. The molecule has 0 radical (unpaired) electrons. The minimum Gasteiger partial charge on any atom is -0.243 e. The molecule has 2 aromatic carbocycles. The van der Waals surface area contributed by atoms with E-state index in [2.05, 4.69) is 130 Å². The molecular weight excluding hydrogens is 545 g/mol. The molecule has 1 aromatic heterocycles. The van der Waals surface area contributed by atoms with Gasteiger partial charge in [0, 0.05) is 0 Å². The van der Waals surface area contributed by atoms with Crippen molar-refractivity contribution in [2.24, 2.45) is 0 Å². The van der Waals surface area contributed by atoms with Gasteiger partial charge in [0.2, 0.25) is 0 Å². The van der Waals surface area contributed by atoms with Crippen molar-refractivity contribution < 1.29 is 0 Å². The van der Waals surface area contributed by atoms with Crippen molar-refractivity contribution in [3.8, 4) is 35.1 Å². The predicted octanol–water partition coefficient (Wildman–Crippen LogP) is 9.67. The van der Waals surface area contributed by atoms with Gasteiger partial charge in [-0.05, 0) is 57.5 Å². The zero-order valence-electron chi connectivity index (χ0n) is 27.6. The van der Waals surface area contributed by atoms with Gasteiger partial charge in [-0.25, -0.2) is 9.97 Å². The second kappa shape index (κ2) is 12.8. The third kappa shape index (κ3) is 5.77. The highest BCUT2D eigenvalue weighted by atomic mass is 28.3. The van der Waals surface area contributed by atoms with Gasteiger partial charge in [-0.15, -0.1) is 11.1 Å². The number of nitriles is 2. The van der Waals surface area contributed by atoms with E-state index in [4.69, 9.17) is 9.97 Å². The van der Waals surface area contributed by atoms with Crippen molar-refractivity contribution in [2.45, 2.75) is 116 Å². The monoisotopic (exact) mass is 590 g/mol. The Kier molecular flexibility index (Phi) is 10.1. The van der Waals surface area contributed by atoms with E-state index in [1.54, 1.807) is 12.1 Å². The Balaban J connectivity index is 2.46. The maximum atomic E-state index is 9.65. The highest BCUT2D eigenvalue weighted by Gasteiger charge is 2.42. The predicted molar refractivity (Wildman–Crippen MR) is 182 cm³/mol. The Morgan fingerprint density at radius 2 is 0.786 bits per heavy atom. The van der Waals surface area contributed by atoms with Gasteiger partial charge in [0.25, 0.3) is 0 Å². The Morgan fingerprint density at radius 3 is 1.02 bits per heavy atom. The van der Waals surface area contributed by atoms with E-state index >= 15 is 0 Å². The van der Waals surface area contributed by atoms with Crippen LogP contribution in [0.3, 0.4) is 0 Å². The Morgan fingerprint density at radius 1 is 0.500 bits per heavy atom. The first kappa shape index (κ1) is 33.1. The van der Waals surface area contributed by atoms with Crippen molar-refractivity contribution in [1.29, 1.82) is 10.5 Å². The van der Waals surface area contributed by atoms with Crippen molar-refractivity contribution in [2.75, 3.05) is 0 Å². The molecule has 0 atom stereocenters. The molecule has 4 nitrogen and oxygen atoms in total. The quantitative estimate of drug-likeness (QED) is 0.163. The maximum absolute atomic E-state index is 9.65. The Hall–Kier alpha value is -3.43. The van der Waals surface area contributed by atoms with E-state index in [-0.39, 0.29) is 0 Å². The Labute approximate surface area is 256 Å². The van der Waals surface area contributed by atoms with Crippen LogP contribution in [-0.4, -0.2) is 26.1 Å². The van der Waals surface area contributed by atoms with Crippen LogP contribution in [0.1, 0.15) is 105 Å². The van der Waals surface area contributed by atoms with E-state index in [0.717, 1.165) is 11.1 Å². The molecule has 6 heteroatoms. The second-order valence-electron chi connectivity index (χ2n) is 13.5. The molecule has 218 valence electrons. The number of benzene rings is 2. The standard InChI is InChI=1S/C36H46N4Si2/c1-23(2)41(24(3)4,25(5)6)17-15-29-13-14-30(16-18-42(26(7)8,27(9)10)28(11)12)36-35(29)39-33-19-31(21-37)32(22-38)20-34(33)40-36/h13-14,19-20,23-28H,1-12H3. The van der Waals surface area contributed by atoms with E-state index in [9.17, 15) is 10.5 Å². The lowest BCUT2D eigenvalue weighted by Crippen LogP contribution is -2.43. The number of hydrogen-bond acceptors (Lipinski definition) is 4. The minimum absolute atomic E-state index is 0.301. The minimum atomic E-state index is -1.98. The normalized spacial score (nSPS) is 12.2. The number of hydrogen-bond donors (Lipinski definition) is 0. The molecule has 1 heterocycles. The first-order valence-corrected chi connectivity index (χ1v) is 19.8. The van der Waals surface area contributed by atoms with Crippen LogP contribution in [0.2, 0.25) is 33.2 Å². The fraction of sp³-hybridized carbons (Fsp3) is 0.500. The topological polar surface area (TPSA) is 73.4 Å². The summed E-state index contributed by atoms with van der Waals surface area (Å²) >= 11 is 0. The molecule has 3 aromatic rings. The third-order valence-electron chi connectivity index (χ3n) is 9.53. The number of rotatable bonds is 6. The summed E-state index contributed by atoms with van der Waals surface area (Å²) in [4.78, 5) is 10.1. The lowest BCUT2D eigenvalue weighted by atomic mass is 10.1.